The summed E-state index contributed by atoms with van der Waals surface area (Å²) >= 11 is 0. The van der Waals surface area contributed by atoms with Crippen molar-refractivity contribution in [2.45, 2.75) is 6.61 Å². The molecule has 6 nitrogen and oxygen atoms in total. The van der Waals surface area contributed by atoms with Gasteiger partial charge in [0.15, 0.2) is 11.6 Å². The molecule has 0 spiro atoms. The van der Waals surface area contributed by atoms with Gasteiger partial charge in [-0.15, -0.1) is 0 Å². The van der Waals surface area contributed by atoms with Crippen LogP contribution in [-0.2, 0) is 6.61 Å². The van der Waals surface area contributed by atoms with Crippen molar-refractivity contribution < 1.29 is 14.6 Å². The lowest BCUT2D eigenvalue weighted by atomic mass is 10.1. The minimum atomic E-state index is -0.415. The molecule has 128 valence electrons. The number of aromatic hydroxyl groups is 1. The van der Waals surface area contributed by atoms with Crippen molar-refractivity contribution in [2.24, 2.45) is 0 Å². The topological polar surface area (TPSA) is 95.2 Å². The van der Waals surface area contributed by atoms with E-state index in [2.05, 4.69) is 16.4 Å². The van der Waals surface area contributed by atoms with Crippen molar-refractivity contribution in [1.82, 2.24) is 4.98 Å². The van der Waals surface area contributed by atoms with E-state index in [-0.39, 0.29) is 18.2 Å². The Morgan fingerprint density at radius 3 is 2.81 bits per heavy atom. The Balaban J connectivity index is 1.71. The SMILES string of the molecule is N#Cc1ccccc1COc1cccc(C(=O)Nc2ncccc2O)c1. The Labute approximate surface area is 150 Å². The van der Waals surface area contributed by atoms with Crippen molar-refractivity contribution in [1.29, 1.82) is 5.26 Å². The highest BCUT2D eigenvalue weighted by Gasteiger charge is 2.11. The van der Waals surface area contributed by atoms with Gasteiger partial charge in [0.05, 0.1) is 11.6 Å². The van der Waals surface area contributed by atoms with E-state index in [4.69, 9.17) is 10.00 Å². The van der Waals surface area contributed by atoms with Crippen LogP contribution in [0.3, 0.4) is 0 Å². The number of ether oxygens (including phenoxy) is 1. The number of hydrogen-bond acceptors (Lipinski definition) is 5. The number of hydrogen-bond donors (Lipinski definition) is 2. The lowest BCUT2D eigenvalue weighted by molar-refractivity contribution is 0.102. The number of benzene rings is 2. The first-order valence-corrected chi connectivity index (χ1v) is 7.83. The molecule has 0 fully saturated rings. The van der Waals surface area contributed by atoms with Crippen molar-refractivity contribution in [3.05, 3.63) is 83.6 Å². The lowest BCUT2D eigenvalue weighted by Gasteiger charge is -2.10. The molecule has 0 aliphatic rings. The highest BCUT2D eigenvalue weighted by molar-refractivity contribution is 6.04. The highest BCUT2D eigenvalue weighted by atomic mass is 16.5. The van der Waals surface area contributed by atoms with Crippen LogP contribution < -0.4 is 10.1 Å². The predicted molar refractivity (Wildman–Crippen MR) is 95.8 cm³/mol. The van der Waals surface area contributed by atoms with Crippen molar-refractivity contribution in [3.63, 3.8) is 0 Å². The summed E-state index contributed by atoms with van der Waals surface area (Å²) in [5.41, 5.74) is 1.68. The van der Waals surface area contributed by atoms with Gasteiger partial charge in [0.1, 0.15) is 12.4 Å². The van der Waals surface area contributed by atoms with Crippen LogP contribution in [0.25, 0.3) is 0 Å². The molecule has 6 heteroatoms. The first-order chi connectivity index (χ1) is 12.7. The molecule has 3 rings (SSSR count). The summed E-state index contributed by atoms with van der Waals surface area (Å²) in [5.74, 6) is 0.0608. The molecule has 0 saturated heterocycles. The molecule has 1 amide bonds. The summed E-state index contributed by atoms with van der Waals surface area (Å²) in [6.07, 6.45) is 1.47. The van der Waals surface area contributed by atoms with Crippen LogP contribution in [0.5, 0.6) is 11.5 Å². The van der Waals surface area contributed by atoms with Crippen molar-refractivity contribution >= 4 is 11.7 Å². The van der Waals surface area contributed by atoms with E-state index in [0.29, 0.717) is 16.9 Å². The number of amides is 1. The molecule has 0 saturated carbocycles. The second-order valence-corrected chi connectivity index (χ2v) is 5.41. The number of nitriles is 1. The van der Waals surface area contributed by atoms with Crippen LogP contribution in [-0.4, -0.2) is 16.0 Å². The standard InChI is InChI=1S/C20H15N3O3/c21-12-15-5-1-2-6-16(15)13-26-17-8-3-7-14(11-17)20(25)23-19-18(24)9-4-10-22-19/h1-11,24H,13H2,(H,22,23,25). The molecule has 1 heterocycles. The maximum atomic E-state index is 12.3. The molecule has 1 aromatic heterocycles. The summed E-state index contributed by atoms with van der Waals surface area (Å²) in [7, 11) is 0. The minimum Gasteiger partial charge on any atom is -0.504 e. The fourth-order valence-electron chi connectivity index (χ4n) is 2.32. The first-order valence-electron chi connectivity index (χ1n) is 7.83. The third-order valence-corrected chi connectivity index (χ3v) is 3.65. The summed E-state index contributed by atoms with van der Waals surface area (Å²) in [4.78, 5) is 16.2. The lowest BCUT2D eigenvalue weighted by Crippen LogP contribution is -2.13. The molecule has 0 aliphatic heterocycles. The maximum absolute atomic E-state index is 12.3. The number of aromatic nitrogens is 1. The van der Waals surface area contributed by atoms with Crippen LogP contribution in [0.4, 0.5) is 5.82 Å². The summed E-state index contributed by atoms with van der Waals surface area (Å²) in [6.45, 7) is 0.218. The summed E-state index contributed by atoms with van der Waals surface area (Å²) < 4.78 is 5.70. The van der Waals surface area contributed by atoms with Crippen LogP contribution >= 0.6 is 0 Å². The smallest absolute Gasteiger partial charge is 0.257 e. The number of carbonyl (C=O) groups excluding carboxylic acids is 1. The second-order valence-electron chi connectivity index (χ2n) is 5.41. The van der Waals surface area contributed by atoms with Gasteiger partial charge in [0, 0.05) is 17.3 Å². The Bertz CT molecular complexity index is 980. The minimum absolute atomic E-state index is 0.0896. The fraction of sp³-hybridized carbons (Fsp3) is 0.0500. The fourth-order valence-corrected chi connectivity index (χ4v) is 2.32. The molecule has 2 N–H and O–H groups in total. The normalized spacial score (nSPS) is 9.96. The second kappa shape index (κ2) is 7.81. The van der Waals surface area contributed by atoms with E-state index in [1.54, 1.807) is 42.5 Å². The Morgan fingerprint density at radius 2 is 2.00 bits per heavy atom. The first kappa shape index (κ1) is 17.0. The van der Waals surface area contributed by atoms with Crippen LogP contribution in [0.15, 0.2) is 66.9 Å². The van der Waals surface area contributed by atoms with Gasteiger partial charge in [0.2, 0.25) is 0 Å². The number of carbonyl (C=O) groups is 1. The van der Waals surface area contributed by atoms with E-state index in [1.165, 1.54) is 12.3 Å². The molecule has 26 heavy (non-hydrogen) atoms. The average Bonchev–Trinajstić information content (AvgIpc) is 2.68. The molecule has 0 bridgehead atoms. The van der Waals surface area contributed by atoms with Gasteiger partial charge in [-0.3, -0.25) is 4.79 Å². The zero-order valence-electron chi connectivity index (χ0n) is 13.7. The summed E-state index contributed by atoms with van der Waals surface area (Å²) in [5, 5.41) is 21.3. The molecule has 0 radical (unpaired) electrons. The van der Waals surface area contributed by atoms with Crippen molar-refractivity contribution in [2.75, 3.05) is 5.32 Å². The quantitative estimate of drug-likeness (QED) is 0.738. The van der Waals surface area contributed by atoms with Gasteiger partial charge in [-0.1, -0.05) is 24.3 Å². The zero-order chi connectivity index (χ0) is 18.4. The molecule has 0 unspecified atom stereocenters. The van der Waals surface area contributed by atoms with E-state index < -0.39 is 5.91 Å². The van der Waals surface area contributed by atoms with Gasteiger partial charge >= 0.3 is 0 Å². The Kier molecular flexibility index (Phi) is 5.11. The third kappa shape index (κ3) is 3.97. The van der Waals surface area contributed by atoms with Gasteiger partial charge in [0.25, 0.3) is 5.91 Å². The van der Waals surface area contributed by atoms with Crippen molar-refractivity contribution in [3.8, 4) is 17.6 Å². The number of rotatable bonds is 5. The molecular formula is C20H15N3O3. The summed E-state index contributed by atoms with van der Waals surface area (Å²) in [6, 6.07) is 18.9. The Hall–Kier alpha value is -3.85. The van der Waals surface area contributed by atoms with E-state index >= 15 is 0 Å². The number of pyridine rings is 1. The van der Waals surface area contributed by atoms with E-state index in [9.17, 15) is 9.90 Å². The monoisotopic (exact) mass is 345 g/mol. The number of nitrogens with zero attached hydrogens (tertiary/aromatic N) is 2. The van der Waals surface area contributed by atoms with Crippen LogP contribution in [0, 0.1) is 11.3 Å². The van der Waals surface area contributed by atoms with Crippen LogP contribution in [0.1, 0.15) is 21.5 Å². The molecule has 0 aliphatic carbocycles. The van der Waals surface area contributed by atoms with Gasteiger partial charge < -0.3 is 15.2 Å². The maximum Gasteiger partial charge on any atom is 0.257 e. The Morgan fingerprint density at radius 1 is 1.15 bits per heavy atom. The van der Waals surface area contributed by atoms with Gasteiger partial charge in [-0.05, 0) is 36.4 Å². The van der Waals surface area contributed by atoms with Crippen LogP contribution in [0.2, 0.25) is 0 Å². The molecule has 2 aromatic carbocycles. The number of nitrogens with one attached hydrogen (secondary N) is 1. The molecule has 0 atom stereocenters. The predicted octanol–water partition coefficient (Wildman–Crippen LogP) is 3.49. The highest BCUT2D eigenvalue weighted by Crippen LogP contribution is 2.21. The van der Waals surface area contributed by atoms with Gasteiger partial charge in [-0.25, -0.2) is 4.98 Å². The van der Waals surface area contributed by atoms with E-state index in [0.717, 1.165) is 5.56 Å². The van der Waals surface area contributed by atoms with Gasteiger partial charge in [-0.2, -0.15) is 5.26 Å². The zero-order valence-corrected chi connectivity index (χ0v) is 13.7. The largest absolute Gasteiger partial charge is 0.504 e. The van der Waals surface area contributed by atoms with E-state index in [1.807, 2.05) is 12.1 Å². The molecule has 3 aromatic rings. The average molecular weight is 345 g/mol. The number of anilines is 1. The molecular weight excluding hydrogens is 330 g/mol. The third-order valence-electron chi connectivity index (χ3n) is 3.65.